The van der Waals surface area contributed by atoms with Crippen molar-refractivity contribution in [3.05, 3.63) is 35.9 Å². The van der Waals surface area contributed by atoms with Gasteiger partial charge in [-0.3, -0.25) is 4.99 Å². The summed E-state index contributed by atoms with van der Waals surface area (Å²) in [4.78, 5) is 7.01. The lowest BCUT2D eigenvalue weighted by Gasteiger charge is -2.26. The summed E-state index contributed by atoms with van der Waals surface area (Å²) in [7, 11) is 0. The van der Waals surface area contributed by atoms with Crippen LogP contribution < -0.4 is 5.32 Å². The molecule has 2 N–H and O–H groups in total. The van der Waals surface area contributed by atoms with E-state index in [4.69, 9.17) is 9.73 Å². The Bertz CT molecular complexity index is 550. The summed E-state index contributed by atoms with van der Waals surface area (Å²) in [6, 6.07) is 10.3. The summed E-state index contributed by atoms with van der Waals surface area (Å²) < 4.78 is 5.91. The van der Waals surface area contributed by atoms with E-state index >= 15 is 0 Å². The molecule has 0 aliphatic carbocycles. The molecular formula is C21H36IN3O2. The van der Waals surface area contributed by atoms with Gasteiger partial charge in [0.1, 0.15) is 0 Å². The summed E-state index contributed by atoms with van der Waals surface area (Å²) in [5.74, 6) is 1.44. The molecule has 2 rings (SSSR count). The highest BCUT2D eigenvalue weighted by atomic mass is 127. The highest BCUT2D eigenvalue weighted by molar-refractivity contribution is 14.0. The summed E-state index contributed by atoms with van der Waals surface area (Å²) in [5.41, 5.74) is 0.522. The number of aliphatic hydroxyl groups is 1. The van der Waals surface area contributed by atoms with Gasteiger partial charge in [0, 0.05) is 25.6 Å². The number of hydrogen-bond donors (Lipinski definition) is 2. The summed E-state index contributed by atoms with van der Waals surface area (Å²) in [6.45, 7) is 10.8. The van der Waals surface area contributed by atoms with E-state index in [-0.39, 0.29) is 24.0 Å². The van der Waals surface area contributed by atoms with Crippen LogP contribution in [-0.2, 0) is 11.3 Å². The first-order chi connectivity index (χ1) is 12.6. The molecule has 154 valence electrons. The molecule has 0 saturated carbocycles. The van der Waals surface area contributed by atoms with E-state index in [9.17, 15) is 5.11 Å². The fraction of sp³-hybridized carbons (Fsp3) is 0.667. The van der Waals surface area contributed by atoms with Crippen molar-refractivity contribution in [3.8, 4) is 0 Å². The Morgan fingerprint density at radius 2 is 1.96 bits per heavy atom. The minimum atomic E-state index is -0.696. The third kappa shape index (κ3) is 7.95. The van der Waals surface area contributed by atoms with Gasteiger partial charge in [0.25, 0.3) is 0 Å². The Hall–Kier alpha value is -0.860. The summed E-state index contributed by atoms with van der Waals surface area (Å²) >= 11 is 0. The highest BCUT2D eigenvalue weighted by Gasteiger charge is 2.27. The number of rotatable bonds is 9. The number of guanidine groups is 1. The van der Waals surface area contributed by atoms with Crippen LogP contribution in [0.15, 0.2) is 35.3 Å². The number of hydrogen-bond acceptors (Lipinski definition) is 3. The van der Waals surface area contributed by atoms with Gasteiger partial charge < -0.3 is 20.1 Å². The van der Waals surface area contributed by atoms with Crippen molar-refractivity contribution in [3.63, 3.8) is 0 Å². The molecule has 1 atom stereocenters. The van der Waals surface area contributed by atoms with Crippen LogP contribution in [0.25, 0.3) is 0 Å². The Balaban J connectivity index is 0.00000364. The highest BCUT2D eigenvalue weighted by Crippen LogP contribution is 2.19. The quantitative estimate of drug-likeness (QED) is 0.316. The molecule has 1 aromatic carbocycles. The van der Waals surface area contributed by atoms with Crippen LogP contribution in [0.2, 0.25) is 0 Å². The van der Waals surface area contributed by atoms with E-state index < -0.39 is 5.60 Å². The second-order valence-electron chi connectivity index (χ2n) is 7.20. The molecule has 5 nitrogen and oxygen atoms in total. The lowest BCUT2D eigenvalue weighted by molar-refractivity contribution is 0.0415. The average Bonchev–Trinajstić information content (AvgIpc) is 3.14. The molecule has 0 spiro atoms. The molecule has 1 unspecified atom stereocenters. The van der Waals surface area contributed by atoms with Crippen LogP contribution in [0.4, 0.5) is 0 Å². The van der Waals surface area contributed by atoms with E-state index in [1.807, 2.05) is 32.0 Å². The molecule has 27 heavy (non-hydrogen) atoms. The number of ether oxygens (including phenoxy) is 1. The van der Waals surface area contributed by atoms with Crippen LogP contribution >= 0.6 is 24.0 Å². The maximum absolute atomic E-state index is 10.5. The van der Waals surface area contributed by atoms with Gasteiger partial charge >= 0.3 is 0 Å². The van der Waals surface area contributed by atoms with Crippen molar-refractivity contribution in [2.45, 2.75) is 52.2 Å². The monoisotopic (exact) mass is 489 g/mol. The molecule has 1 fully saturated rings. The molecule has 0 amide bonds. The van der Waals surface area contributed by atoms with Gasteiger partial charge in [0.15, 0.2) is 5.96 Å². The van der Waals surface area contributed by atoms with Crippen molar-refractivity contribution >= 4 is 29.9 Å². The van der Waals surface area contributed by atoms with Crippen molar-refractivity contribution in [1.82, 2.24) is 10.2 Å². The lowest BCUT2D eigenvalue weighted by atomic mass is 9.98. The molecule has 0 bridgehead atoms. The van der Waals surface area contributed by atoms with E-state index in [2.05, 4.69) is 29.3 Å². The minimum absolute atomic E-state index is 0. The number of nitrogens with zero attached hydrogens (tertiary/aromatic N) is 2. The van der Waals surface area contributed by atoms with E-state index in [1.54, 1.807) is 0 Å². The topological polar surface area (TPSA) is 57.1 Å². The van der Waals surface area contributed by atoms with Crippen LogP contribution in [0.5, 0.6) is 0 Å². The van der Waals surface area contributed by atoms with Crippen molar-refractivity contribution < 1.29 is 9.84 Å². The van der Waals surface area contributed by atoms with Crippen molar-refractivity contribution in [1.29, 1.82) is 0 Å². The molecular weight excluding hydrogens is 453 g/mol. The molecule has 1 saturated heterocycles. The van der Waals surface area contributed by atoms with E-state index in [0.717, 1.165) is 51.5 Å². The fourth-order valence-electron chi connectivity index (χ4n) is 3.20. The van der Waals surface area contributed by atoms with Crippen LogP contribution in [0.3, 0.4) is 0 Å². The van der Waals surface area contributed by atoms with Crippen LogP contribution in [0, 0.1) is 5.92 Å². The maximum atomic E-state index is 10.5. The Kier molecular flexibility index (Phi) is 11.3. The van der Waals surface area contributed by atoms with E-state index in [1.165, 1.54) is 5.56 Å². The number of benzene rings is 1. The molecule has 0 radical (unpaired) electrons. The van der Waals surface area contributed by atoms with Crippen LogP contribution in [0.1, 0.15) is 45.6 Å². The van der Waals surface area contributed by atoms with E-state index in [0.29, 0.717) is 19.1 Å². The number of halogens is 1. The smallest absolute Gasteiger partial charge is 0.194 e. The Morgan fingerprint density at radius 1 is 1.26 bits per heavy atom. The minimum Gasteiger partial charge on any atom is -0.388 e. The first-order valence-electron chi connectivity index (χ1n) is 9.97. The maximum Gasteiger partial charge on any atom is 0.194 e. The molecule has 6 heteroatoms. The zero-order valence-electron chi connectivity index (χ0n) is 17.0. The molecule has 1 aliphatic heterocycles. The van der Waals surface area contributed by atoms with Gasteiger partial charge in [-0.2, -0.15) is 0 Å². The first-order valence-corrected chi connectivity index (χ1v) is 9.97. The van der Waals surface area contributed by atoms with Crippen molar-refractivity contribution in [2.24, 2.45) is 10.9 Å². The van der Waals surface area contributed by atoms with Gasteiger partial charge in [-0.05, 0) is 31.7 Å². The SMILES string of the molecule is CCNC(=NCC(O)(CC)CC)N1CCC(COCc2ccccc2)C1.I. The normalized spacial score (nSPS) is 17.7. The standard InChI is InChI=1S/C21H35N3O2.HI/c1-4-21(25,5-2)17-23-20(22-6-3)24-13-12-19(14-24)16-26-15-18-10-8-7-9-11-18;/h7-11,19,25H,4-6,12-17H2,1-3H3,(H,22,23);1H. The summed E-state index contributed by atoms with van der Waals surface area (Å²) in [5, 5.41) is 13.9. The van der Waals surface area contributed by atoms with Gasteiger partial charge in [-0.25, -0.2) is 0 Å². The fourth-order valence-corrected chi connectivity index (χ4v) is 3.20. The molecule has 0 aromatic heterocycles. The Morgan fingerprint density at radius 3 is 2.59 bits per heavy atom. The summed E-state index contributed by atoms with van der Waals surface area (Å²) in [6.07, 6.45) is 2.57. The Labute approximate surface area is 181 Å². The van der Waals surface area contributed by atoms with Gasteiger partial charge in [-0.1, -0.05) is 44.2 Å². The zero-order chi connectivity index (χ0) is 18.8. The third-order valence-corrected chi connectivity index (χ3v) is 5.22. The molecule has 1 aromatic rings. The largest absolute Gasteiger partial charge is 0.388 e. The van der Waals surface area contributed by atoms with Crippen molar-refractivity contribution in [2.75, 3.05) is 32.8 Å². The second kappa shape index (κ2) is 12.6. The lowest BCUT2D eigenvalue weighted by Crippen LogP contribution is -2.42. The molecule has 1 heterocycles. The number of likely N-dealkylation sites (tertiary alicyclic amines) is 1. The third-order valence-electron chi connectivity index (χ3n) is 5.22. The van der Waals surface area contributed by atoms with Gasteiger partial charge in [-0.15, -0.1) is 24.0 Å². The molecule has 1 aliphatic rings. The van der Waals surface area contributed by atoms with Crippen LogP contribution in [-0.4, -0.2) is 54.4 Å². The van der Waals surface area contributed by atoms with Gasteiger partial charge in [0.05, 0.1) is 25.4 Å². The second-order valence-corrected chi connectivity index (χ2v) is 7.20. The first kappa shape index (κ1) is 24.2. The van der Waals surface area contributed by atoms with Gasteiger partial charge in [0.2, 0.25) is 0 Å². The number of nitrogens with one attached hydrogen (secondary N) is 1. The zero-order valence-corrected chi connectivity index (χ0v) is 19.3. The average molecular weight is 489 g/mol. The number of aliphatic imine (C=N–C) groups is 1. The predicted octanol–water partition coefficient (Wildman–Crippen LogP) is 3.66. The predicted molar refractivity (Wildman–Crippen MR) is 123 cm³/mol.